The van der Waals surface area contributed by atoms with Crippen LogP contribution in [0.5, 0.6) is 0 Å². The summed E-state index contributed by atoms with van der Waals surface area (Å²) in [6.07, 6.45) is 1.31. The maximum Gasteiger partial charge on any atom is 0.244 e. The first-order valence-electron chi connectivity index (χ1n) is 13.1. The molecule has 1 N–H and O–H groups in total. The van der Waals surface area contributed by atoms with Gasteiger partial charge in [0.15, 0.2) is 0 Å². The Morgan fingerprint density at radius 2 is 1.55 bits per heavy atom. The Bertz CT molecular complexity index is 1450. The van der Waals surface area contributed by atoms with Gasteiger partial charge in [-0.05, 0) is 75.1 Å². The molecule has 0 aromatic heterocycles. The van der Waals surface area contributed by atoms with Crippen LogP contribution in [0.25, 0.3) is 0 Å². The molecule has 2 amide bonds. The van der Waals surface area contributed by atoms with Crippen molar-refractivity contribution in [3.05, 3.63) is 100 Å². The van der Waals surface area contributed by atoms with Crippen molar-refractivity contribution in [3.8, 4) is 0 Å². The Labute approximate surface area is 243 Å². The van der Waals surface area contributed by atoms with Gasteiger partial charge in [0.2, 0.25) is 21.8 Å². The van der Waals surface area contributed by atoms with Gasteiger partial charge in [0, 0.05) is 23.5 Å². The van der Waals surface area contributed by atoms with Gasteiger partial charge >= 0.3 is 0 Å². The number of carbonyl (C=O) groups is 2. The molecule has 0 bridgehead atoms. The number of nitrogens with one attached hydrogen (secondary N) is 1. The summed E-state index contributed by atoms with van der Waals surface area (Å²) >= 11 is 6.49. The lowest BCUT2D eigenvalue weighted by molar-refractivity contribution is -0.140. The summed E-state index contributed by atoms with van der Waals surface area (Å²) in [6, 6.07) is 20.9. The smallest absolute Gasteiger partial charge is 0.244 e. The summed E-state index contributed by atoms with van der Waals surface area (Å²) in [5.74, 6) is -0.859. The zero-order chi connectivity index (χ0) is 29.7. The van der Waals surface area contributed by atoms with Crippen molar-refractivity contribution >= 4 is 39.1 Å². The third-order valence-corrected chi connectivity index (χ3v) is 8.03. The Kier molecular flexibility index (Phi) is 10.0. The lowest BCUT2D eigenvalue weighted by Gasteiger charge is -2.35. The Morgan fingerprint density at radius 1 is 0.925 bits per heavy atom. The van der Waals surface area contributed by atoms with E-state index in [4.69, 9.17) is 11.6 Å². The minimum Gasteiger partial charge on any atom is -0.350 e. The van der Waals surface area contributed by atoms with E-state index in [-0.39, 0.29) is 18.9 Å². The molecule has 0 heterocycles. The van der Waals surface area contributed by atoms with Gasteiger partial charge in [0.25, 0.3) is 0 Å². The number of rotatable bonds is 10. The number of hydrogen-bond donors (Lipinski definition) is 1. The quantitative estimate of drug-likeness (QED) is 0.352. The first-order chi connectivity index (χ1) is 18.7. The fraction of sp³-hybridized carbons (Fsp3) is 0.355. The fourth-order valence-corrected chi connectivity index (χ4v) is 5.35. The molecule has 3 aromatic rings. The van der Waals surface area contributed by atoms with Gasteiger partial charge in [-0.3, -0.25) is 13.9 Å². The first-order valence-corrected chi connectivity index (χ1v) is 15.3. The highest BCUT2D eigenvalue weighted by atomic mass is 35.5. The van der Waals surface area contributed by atoms with Crippen LogP contribution in [0.2, 0.25) is 5.02 Å². The van der Waals surface area contributed by atoms with E-state index >= 15 is 0 Å². The minimum absolute atomic E-state index is 0.0259. The molecule has 40 heavy (non-hydrogen) atoms. The van der Waals surface area contributed by atoms with Crippen molar-refractivity contribution in [3.63, 3.8) is 0 Å². The van der Waals surface area contributed by atoms with E-state index in [9.17, 15) is 18.0 Å². The van der Waals surface area contributed by atoms with Crippen LogP contribution < -0.4 is 9.62 Å². The average Bonchev–Trinajstić information content (AvgIpc) is 2.86. The molecule has 214 valence electrons. The minimum atomic E-state index is -3.83. The molecule has 1 atom stereocenters. The zero-order valence-electron chi connectivity index (χ0n) is 23.9. The Hall–Kier alpha value is -3.36. The first kappa shape index (κ1) is 31.2. The Balaban J connectivity index is 2.10. The van der Waals surface area contributed by atoms with E-state index in [1.807, 2.05) is 77.1 Å². The molecule has 0 saturated heterocycles. The lowest BCUT2D eigenvalue weighted by Crippen LogP contribution is -2.56. The van der Waals surface area contributed by atoms with Gasteiger partial charge in [0.05, 0.1) is 11.9 Å². The number of amides is 2. The highest BCUT2D eigenvalue weighted by molar-refractivity contribution is 7.92. The molecular weight excluding hydrogens is 546 g/mol. The maximum atomic E-state index is 14.1. The predicted molar refractivity (Wildman–Crippen MR) is 162 cm³/mol. The van der Waals surface area contributed by atoms with Crippen LogP contribution in [0, 0.1) is 13.8 Å². The van der Waals surface area contributed by atoms with Crippen LogP contribution >= 0.6 is 11.6 Å². The summed E-state index contributed by atoms with van der Waals surface area (Å²) in [5.41, 5.74) is 3.25. The molecule has 0 saturated carbocycles. The number of anilines is 1. The van der Waals surface area contributed by atoms with Crippen LogP contribution in [0.1, 0.15) is 43.0 Å². The molecule has 0 unspecified atom stereocenters. The predicted octanol–water partition coefficient (Wildman–Crippen LogP) is 5.28. The summed E-state index contributed by atoms with van der Waals surface area (Å²) in [7, 11) is -3.83. The van der Waals surface area contributed by atoms with Crippen LogP contribution in [-0.4, -0.2) is 49.5 Å². The maximum absolute atomic E-state index is 14.1. The molecule has 3 rings (SSSR count). The number of sulfonamides is 1. The van der Waals surface area contributed by atoms with Crippen LogP contribution in [-0.2, 0) is 32.6 Å². The zero-order valence-corrected chi connectivity index (χ0v) is 25.5. The van der Waals surface area contributed by atoms with Crippen molar-refractivity contribution < 1.29 is 18.0 Å². The highest BCUT2D eigenvalue weighted by Crippen LogP contribution is 2.24. The SMILES string of the molecule is Cc1ccc(N(CC(=O)N(Cc2ccccc2Cl)[C@H](Cc2ccccc2)C(=O)NC(C)(C)C)S(C)(=O)=O)cc1C. The third kappa shape index (κ3) is 8.57. The van der Waals surface area contributed by atoms with E-state index in [2.05, 4.69) is 5.32 Å². The average molecular weight is 584 g/mol. The van der Waals surface area contributed by atoms with Gasteiger partial charge in [-0.25, -0.2) is 8.42 Å². The van der Waals surface area contributed by atoms with Crippen LogP contribution in [0.15, 0.2) is 72.8 Å². The number of nitrogens with zero attached hydrogens (tertiary/aromatic N) is 2. The lowest BCUT2D eigenvalue weighted by atomic mass is 10.0. The van der Waals surface area contributed by atoms with Gasteiger partial charge in [-0.1, -0.05) is 66.2 Å². The summed E-state index contributed by atoms with van der Waals surface area (Å²) in [4.78, 5) is 29.3. The molecule has 7 nitrogen and oxygen atoms in total. The number of aryl methyl sites for hydroxylation is 2. The summed E-state index contributed by atoms with van der Waals surface area (Å²) < 4.78 is 27.0. The molecule has 0 radical (unpaired) electrons. The van der Waals surface area contributed by atoms with Crippen molar-refractivity contribution in [1.29, 1.82) is 0 Å². The molecular formula is C31H38ClN3O4S. The fourth-order valence-electron chi connectivity index (χ4n) is 4.31. The standard InChI is InChI=1S/C31H38ClN3O4S/c1-22-16-17-26(18-23(22)2)35(40(6,38)39)21-29(36)34(20-25-14-10-11-15-27(25)32)28(30(37)33-31(3,4)5)19-24-12-8-7-9-13-24/h7-18,28H,19-21H2,1-6H3,(H,33,37)/t28-/m1/s1. The van der Waals surface area contributed by atoms with Crippen molar-refractivity contribution in [2.45, 2.75) is 59.2 Å². The largest absolute Gasteiger partial charge is 0.350 e. The topological polar surface area (TPSA) is 86.8 Å². The number of halogens is 1. The third-order valence-electron chi connectivity index (χ3n) is 6.53. The highest BCUT2D eigenvalue weighted by Gasteiger charge is 2.34. The van der Waals surface area contributed by atoms with Gasteiger partial charge in [-0.2, -0.15) is 0 Å². The summed E-state index contributed by atoms with van der Waals surface area (Å²) in [5, 5.41) is 3.45. The van der Waals surface area contributed by atoms with Crippen LogP contribution in [0.4, 0.5) is 5.69 Å². The van der Waals surface area contributed by atoms with Crippen molar-refractivity contribution in [1.82, 2.24) is 10.2 Å². The number of hydrogen-bond acceptors (Lipinski definition) is 4. The second kappa shape index (κ2) is 12.9. The molecule has 3 aromatic carbocycles. The molecule has 0 fully saturated rings. The second-order valence-electron chi connectivity index (χ2n) is 11.1. The monoisotopic (exact) mass is 583 g/mol. The van der Waals surface area contributed by atoms with E-state index in [0.717, 1.165) is 27.3 Å². The Morgan fingerprint density at radius 3 is 2.12 bits per heavy atom. The van der Waals surface area contributed by atoms with Crippen molar-refractivity contribution in [2.24, 2.45) is 0 Å². The van der Waals surface area contributed by atoms with Gasteiger partial charge in [-0.15, -0.1) is 0 Å². The van der Waals surface area contributed by atoms with Crippen LogP contribution in [0.3, 0.4) is 0 Å². The van der Waals surface area contributed by atoms with E-state index in [1.54, 1.807) is 30.3 Å². The van der Waals surface area contributed by atoms with Gasteiger partial charge < -0.3 is 10.2 Å². The van der Waals surface area contributed by atoms with E-state index < -0.39 is 34.1 Å². The molecule has 0 spiro atoms. The van der Waals surface area contributed by atoms with E-state index in [1.165, 1.54) is 4.90 Å². The molecule has 0 aliphatic rings. The van der Waals surface area contributed by atoms with E-state index in [0.29, 0.717) is 16.3 Å². The molecule has 9 heteroatoms. The normalized spacial score (nSPS) is 12.5. The second-order valence-corrected chi connectivity index (χ2v) is 13.4. The number of carbonyl (C=O) groups excluding carboxylic acids is 2. The summed E-state index contributed by atoms with van der Waals surface area (Å²) in [6.45, 7) is 8.99. The molecule has 0 aliphatic carbocycles. The van der Waals surface area contributed by atoms with Crippen molar-refractivity contribution in [2.75, 3.05) is 17.1 Å². The van der Waals surface area contributed by atoms with Gasteiger partial charge in [0.1, 0.15) is 12.6 Å². The number of benzene rings is 3. The molecule has 0 aliphatic heterocycles.